The van der Waals surface area contributed by atoms with Crippen LogP contribution in [0.15, 0.2) is 12.7 Å². The van der Waals surface area contributed by atoms with E-state index in [9.17, 15) is 9.59 Å². The second kappa shape index (κ2) is 4.64. The summed E-state index contributed by atoms with van der Waals surface area (Å²) in [5.74, 6) is -0.509. The van der Waals surface area contributed by atoms with Gasteiger partial charge in [0, 0.05) is 12.3 Å². The molecule has 0 aromatic carbocycles. The second-order valence-corrected chi connectivity index (χ2v) is 3.51. The molecular formula is C9H16N2O2. The Morgan fingerprint density at radius 2 is 1.92 bits per heavy atom. The van der Waals surface area contributed by atoms with Crippen LogP contribution in [0.3, 0.4) is 0 Å². The Balaban J connectivity index is 4.08. The number of hydrogen-bond donors (Lipinski definition) is 2. The lowest BCUT2D eigenvalue weighted by molar-refractivity contribution is -0.133. The van der Waals surface area contributed by atoms with E-state index in [1.807, 2.05) is 0 Å². The Morgan fingerprint density at radius 3 is 2.31 bits per heavy atom. The molecule has 2 amide bonds. The lowest BCUT2D eigenvalue weighted by atomic mass is 9.89. The Morgan fingerprint density at radius 1 is 1.38 bits per heavy atom. The lowest BCUT2D eigenvalue weighted by Crippen LogP contribution is -2.46. The van der Waals surface area contributed by atoms with Crippen molar-refractivity contribution < 1.29 is 9.59 Å². The molecule has 13 heavy (non-hydrogen) atoms. The number of hydrazine groups is 1. The third-order valence-electron chi connectivity index (χ3n) is 1.62. The molecule has 0 heterocycles. The summed E-state index contributed by atoms with van der Waals surface area (Å²) >= 11 is 0. The van der Waals surface area contributed by atoms with Crippen molar-refractivity contribution in [2.45, 2.75) is 27.2 Å². The van der Waals surface area contributed by atoms with Crippen LogP contribution in [-0.4, -0.2) is 11.8 Å². The topological polar surface area (TPSA) is 58.2 Å². The minimum Gasteiger partial charge on any atom is -0.274 e. The molecule has 0 aromatic heterocycles. The van der Waals surface area contributed by atoms with Crippen LogP contribution in [-0.2, 0) is 9.59 Å². The summed E-state index contributed by atoms with van der Waals surface area (Å²) in [5, 5.41) is 0. The monoisotopic (exact) mass is 184 g/mol. The number of amides is 2. The molecule has 0 aliphatic carbocycles. The van der Waals surface area contributed by atoms with Crippen LogP contribution in [0.25, 0.3) is 0 Å². The van der Waals surface area contributed by atoms with Gasteiger partial charge < -0.3 is 0 Å². The second-order valence-electron chi connectivity index (χ2n) is 3.51. The molecule has 0 aliphatic heterocycles. The third-order valence-corrected chi connectivity index (χ3v) is 1.62. The average molecular weight is 184 g/mol. The maximum atomic E-state index is 11.4. The van der Waals surface area contributed by atoms with E-state index in [0.717, 1.165) is 0 Å². The summed E-state index contributed by atoms with van der Waals surface area (Å²) in [6.45, 7) is 8.46. The predicted molar refractivity (Wildman–Crippen MR) is 50.6 cm³/mol. The fourth-order valence-electron chi connectivity index (χ4n) is 0.768. The molecule has 4 heteroatoms. The summed E-state index contributed by atoms with van der Waals surface area (Å²) in [6.07, 6.45) is 2.24. The van der Waals surface area contributed by atoms with E-state index in [4.69, 9.17) is 0 Å². The number of allylic oxidation sites excluding steroid dienone is 1. The van der Waals surface area contributed by atoms with Gasteiger partial charge in [0.1, 0.15) is 0 Å². The molecule has 0 atom stereocenters. The molecule has 0 fully saturated rings. The molecule has 74 valence electrons. The van der Waals surface area contributed by atoms with Crippen molar-refractivity contribution in [1.82, 2.24) is 10.9 Å². The standard InChI is InChI=1S/C9H16N2O2/c1-5-6-9(3,4)8(13)11-10-7(2)12/h5H,1,6H2,2-4H3,(H,10,12)(H,11,13). The molecule has 4 nitrogen and oxygen atoms in total. The van der Waals surface area contributed by atoms with Crippen LogP contribution >= 0.6 is 0 Å². The maximum Gasteiger partial charge on any atom is 0.244 e. The molecule has 0 rings (SSSR count). The van der Waals surface area contributed by atoms with E-state index >= 15 is 0 Å². The van der Waals surface area contributed by atoms with Crippen molar-refractivity contribution in [2.75, 3.05) is 0 Å². The van der Waals surface area contributed by atoms with Crippen molar-refractivity contribution in [2.24, 2.45) is 5.41 Å². The number of carbonyl (C=O) groups excluding carboxylic acids is 2. The highest BCUT2D eigenvalue weighted by molar-refractivity contribution is 5.84. The number of hydrogen-bond acceptors (Lipinski definition) is 2. The fraction of sp³-hybridized carbons (Fsp3) is 0.556. The molecule has 0 saturated carbocycles. The zero-order valence-electron chi connectivity index (χ0n) is 8.31. The van der Waals surface area contributed by atoms with Crippen LogP contribution in [0.1, 0.15) is 27.2 Å². The Bertz CT molecular complexity index is 222. The van der Waals surface area contributed by atoms with Gasteiger partial charge in [-0.2, -0.15) is 0 Å². The van der Waals surface area contributed by atoms with E-state index < -0.39 is 5.41 Å². The van der Waals surface area contributed by atoms with Gasteiger partial charge in [0.15, 0.2) is 0 Å². The first kappa shape index (κ1) is 11.7. The highest BCUT2D eigenvalue weighted by Gasteiger charge is 2.25. The van der Waals surface area contributed by atoms with Crippen LogP contribution in [0.5, 0.6) is 0 Å². The summed E-state index contributed by atoms with van der Waals surface area (Å²) in [5.41, 5.74) is 4.02. The van der Waals surface area contributed by atoms with E-state index in [1.165, 1.54) is 6.92 Å². The van der Waals surface area contributed by atoms with Crippen molar-refractivity contribution in [3.63, 3.8) is 0 Å². The fourth-order valence-corrected chi connectivity index (χ4v) is 0.768. The molecule has 0 unspecified atom stereocenters. The van der Waals surface area contributed by atoms with Crippen LogP contribution in [0.4, 0.5) is 0 Å². The van der Waals surface area contributed by atoms with Crippen molar-refractivity contribution >= 4 is 11.8 Å². The summed E-state index contributed by atoms with van der Waals surface area (Å²) in [6, 6.07) is 0. The average Bonchev–Trinajstić information content (AvgIpc) is 1.99. The van der Waals surface area contributed by atoms with E-state index in [0.29, 0.717) is 6.42 Å². The first-order valence-corrected chi connectivity index (χ1v) is 4.08. The largest absolute Gasteiger partial charge is 0.274 e. The van der Waals surface area contributed by atoms with Crippen molar-refractivity contribution in [3.8, 4) is 0 Å². The predicted octanol–water partition coefficient (Wildman–Crippen LogP) is 0.756. The van der Waals surface area contributed by atoms with Crippen LogP contribution in [0, 0.1) is 5.41 Å². The molecular weight excluding hydrogens is 168 g/mol. The van der Waals surface area contributed by atoms with E-state index in [2.05, 4.69) is 17.4 Å². The van der Waals surface area contributed by atoms with Gasteiger partial charge in [0.05, 0.1) is 0 Å². The van der Waals surface area contributed by atoms with Gasteiger partial charge >= 0.3 is 0 Å². The number of carbonyl (C=O) groups is 2. The molecule has 0 spiro atoms. The quantitative estimate of drug-likeness (QED) is 0.502. The van der Waals surface area contributed by atoms with Gasteiger partial charge in [-0.05, 0) is 6.42 Å². The van der Waals surface area contributed by atoms with Gasteiger partial charge in [0.25, 0.3) is 0 Å². The number of rotatable bonds is 3. The van der Waals surface area contributed by atoms with Crippen molar-refractivity contribution in [1.29, 1.82) is 0 Å². The minimum atomic E-state index is -0.537. The van der Waals surface area contributed by atoms with Crippen LogP contribution < -0.4 is 10.9 Å². The SMILES string of the molecule is C=CCC(C)(C)C(=O)NNC(C)=O. The van der Waals surface area contributed by atoms with Crippen molar-refractivity contribution in [3.05, 3.63) is 12.7 Å². The highest BCUT2D eigenvalue weighted by atomic mass is 16.2. The molecule has 2 N–H and O–H groups in total. The molecule has 0 bridgehead atoms. The third kappa shape index (κ3) is 4.30. The van der Waals surface area contributed by atoms with E-state index in [1.54, 1.807) is 19.9 Å². The van der Waals surface area contributed by atoms with Gasteiger partial charge in [-0.3, -0.25) is 20.4 Å². The Labute approximate surface area is 78.4 Å². The van der Waals surface area contributed by atoms with Gasteiger partial charge in [-0.25, -0.2) is 0 Å². The zero-order chi connectivity index (χ0) is 10.5. The Kier molecular flexibility index (Phi) is 4.17. The number of nitrogens with one attached hydrogen (secondary N) is 2. The highest BCUT2D eigenvalue weighted by Crippen LogP contribution is 2.19. The normalized spacial score (nSPS) is 10.4. The zero-order valence-corrected chi connectivity index (χ0v) is 8.31. The molecule has 0 aliphatic rings. The molecule has 0 saturated heterocycles. The molecule has 0 radical (unpaired) electrons. The maximum absolute atomic E-state index is 11.4. The van der Waals surface area contributed by atoms with Gasteiger partial charge in [-0.15, -0.1) is 6.58 Å². The first-order valence-electron chi connectivity index (χ1n) is 4.08. The summed E-state index contributed by atoms with van der Waals surface area (Å²) in [4.78, 5) is 21.9. The summed E-state index contributed by atoms with van der Waals surface area (Å²) in [7, 11) is 0. The van der Waals surface area contributed by atoms with E-state index in [-0.39, 0.29) is 11.8 Å². The van der Waals surface area contributed by atoms with Gasteiger partial charge in [0.2, 0.25) is 11.8 Å². The Hall–Kier alpha value is -1.32. The minimum absolute atomic E-state index is 0.220. The van der Waals surface area contributed by atoms with Crippen LogP contribution in [0.2, 0.25) is 0 Å². The van der Waals surface area contributed by atoms with Gasteiger partial charge in [-0.1, -0.05) is 19.9 Å². The summed E-state index contributed by atoms with van der Waals surface area (Å²) < 4.78 is 0. The lowest BCUT2D eigenvalue weighted by Gasteiger charge is -2.21. The molecule has 0 aromatic rings. The smallest absolute Gasteiger partial charge is 0.244 e. The first-order chi connectivity index (χ1) is 5.90.